The molecular weight excluding hydrogens is 468 g/mol. The van der Waals surface area contributed by atoms with Crippen molar-refractivity contribution in [3.8, 4) is 11.3 Å². The zero-order valence-electron chi connectivity index (χ0n) is 17.3. The van der Waals surface area contributed by atoms with Crippen molar-refractivity contribution in [2.24, 2.45) is 0 Å². The molecule has 4 rings (SSSR count). The lowest BCUT2D eigenvalue weighted by Crippen LogP contribution is -2.54. The molecule has 1 fully saturated rings. The monoisotopic (exact) mass is 486 g/mol. The van der Waals surface area contributed by atoms with E-state index in [1.807, 2.05) is 6.92 Å². The van der Waals surface area contributed by atoms with Crippen LogP contribution in [0.2, 0.25) is 5.02 Å². The van der Waals surface area contributed by atoms with E-state index in [4.69, 9.17) is 11.6 Å². The van der Waals surface area contributed by atoms with Crippen molar-refractivity contribution in [3.63, 3.8) is 0 Å². The van der Waals surface area contributed by atoms with Gasteiger partial charge in [-0.15, -0.1) is 5.10 Å². The molecule has 1 aromatic carbocycles. The minimum absolute atomic E-state index is 0.0129. The summed E-state index contributed by atoms with van der Waals surface area (Å²) in [5, 5.41) is 12.5. The number of benzene rings is 1. The summed E-state index contributed by atoms with van der Waals surface area (Å²) in [5.41, 5.74) is 0.958. The summed E-state index contributed by atoms with van der Waals surface area (Å²) in [7, 11) is 0. The lowest BCUT2D eigenvalue weighted by Gasteiger charge is -2.40. The molecule has 0 saturated carbocycles. The highest BCUT2D eigenvalue weighted by Crippen LogP contribution is 2.27. The Hall–Kier alpha value is -2.99. The number of aromatic nitrogens is 5. The van der Waals surface area contributed by atoms with Crippen LogP contribution >= 0.6 is 11.6 Å². The smallest absolute Gasteiger partial charge is 0.293 e. The van der Waals surface area contributed by atoms with Gasteiger partial charge < -0.3 is 9.64 Å². The van der Waals surface area contributed by atoms with E-state index in [2.05, 4.69) is 20.1 Å². The van der Waals surface area contributed by atoms with E-state index >= 15 is 0 Å². The van der Waals surface area contributed by atoms with Crippen LogP contribution in [0.3, 0.4) is 0 Å². The molecule has 1 saturated heterocycles. The molecule has 8 nitrogen and oxygen atoms in total. The Morgan fingerprint density at radius 1 is 1.21 bits per heavy atom. The number of alkyl halides is 3. The fourth-order valence-electron chi connectivity index (χ4n) is 3.47. The number of halogens is 5. The molecule has 1 aliphatic heterocycles. The van der Waals surface area contributed by atoms with Crippen LogP contribution in [0.5, 0.6) is 0 Å². The zero-order valence-corrected chi connectivity index (χ0v) is 18.1. The minimum Gasteiger partial charge on any atom is -0.365 e. The van der Waals surface area contributed by atoms with Gasteiger partial charge in [0.05, 0.1) is 30.2 Å². The quantitative estimate of drug-likeness (QED) is 0.455. The largest absolute Gasteiger partial charge is 0.365 e. The van der Waals surface area contributed by atoms with Crippen molar-refractivity contribution < 1.29 is 22.3 Å². The van der Waals surface area contributed by atoms with Gasteiger partial charge in [0, 0.05) is 36.3 Å². The Morgan fingerprint density at radius 2 is 1.97 bits per heavy atom. The normalized spacial score (nSPS) is 15.2. The van der Waals surface area contributed by atoms with Crippen molar-refractivity contribution in [1.29, 1.82) is 0 Å². The van der Waals surface area contributed by atoms with Gasteiger partial charge in [0.1, 0.15) is 11.5 Å². The van der Waals surface area contributed by atoms with Crippen molar-refractivity contribution >= 4 is 17.3 Å². The van der Waals surface area contributed by atoms with E-state index in [1.54, 1.807) is 9.58 Å². The SMILES string of the molecule is CCn1nnc(-c2ccc(Cl)cc2F)c1Cn1ncc(N2CC(OC(F)C(F)F)C2)cc1=O. The molecule has 0 radical (unpaired) electrons. The molecular formula is C20H19ClF4N6O2. The summed E-state index contributed by atoms with van der Waals surface area (Å²) in [6.07, 6.45) is -5.11. The molecule has 1 unspecified atom stereocenters. The number of rotatable bonds is 8. The average Bonchev–Trinajstić information content (AvgIpc) is 3.14. The first-order chi connectivity index (χ1) is 15.8. The van der Waals surface area contributed by atoms with E-state index in [9.17, 15) is 22.4 Å². The first kappa shape index (κ1) is 23.2. The highest BCUT2D eigenvalue weighted by Gasteiger charge is 2.33. The first-order valence-electron chi connectivity index (χ1n) is 10.0. The molecule has 0 N–H and O–H groups in total. The van der Waals surface area contributed by atoms with Gasteiger partial charge in [-0.05, 0) is 25.1 Å². The lowest BCUT2D eigenvalue weighted by atomic mass is 10.1. The minimum atomic E-state index is -3.21. The number of ether oxygens (including phenoxy) is 1. The van der Waals surface area contributed by atoms with E-state index < -0.39 is 30.3 Å². The Bertz CT molecular complexity index is 1200. The predicted octanol–water partition coefficient (Wildman–Crippen LogP) is 3.13. The van der Waals surface area contributed by atoms with E-state index in [1.165, 1.54) is 35.1 Å². The molecule has 0 aliphatic carbocycles. The molecule has 13 heteroatoms. The average molecular weight is 487 g/mol. The maximum Gasteiger partial charge on any atom is 0.293 e. The number of aryl methyl sites for hydroxylation is 1. The van der Waals surface area contributed by atoms with Gasteiger partial charge in [-0.25, -0.2) is 26.9 Å². The highest BCUT2D eigenvalue weighted by atomic mass is 35.5. The maximum atomic E-state index is 14.5. The summed E-state index contributed by atoms with van der Waals surface area (Å²) < 4.78 is 59.3. The van der Waals surface area contributed by atoms with Crippen LogP contribution < -0.4 is 10.5 Å². The third-order valence-electron chi connectivity index (χ3n) is 5.21. The van der Waals surface area contributed by atoms with E-state index in [-0.39, 0.29) is 35.9 Å². The standard InChI is InChI=1S/C20H19ClF4N6O2/c1-2-30-16(18(27-28-30)14-4-3-11(21)5-15(14)22)10-31-17(32)6-12(7-26-31)29-8-13(9-29)33-20(25)19(23)24/h3-7,13,19-20H,2,8-10H2,1H3. The Labute approximate surface area is 190 Å². The van der Waals surface area contributed by atoms with E-state index in [0.717, 1.165) is 0 Å². The van der Waals surface area contributed by atoms with Crippen molar-refractivity contribution in [3.05, 3.63) is 57.3 Å². The number of nitrogens with zero attached hydrogens (tertiary/aromatic N) is 6. The van der Waals surface area contributed by atoms with Gasteiger partial charge in [0.25, 0.3) is 18.3 Å². The number of hydrogen-bond donors (Lipinski definition) is 0. The third kappa shape index (κ3) is 4.86. The summed E-state index contributed by atoms with van der Waals surface area (Å²) in [6.45, 7) is 2.57. The van der Waals surface area contributed by atoms with Crippen molar-refractivity contribution in [2.75, 3.05) is 18.0 Å². The van der Waals surface area contributed by atoms with Gasteiger partial charge in [0.15, 0.2) is 0 Å². The number of hydrogen-bond acceptors (Lipinski definition) is 6. The van der Waals surface area contributed by atoms with Crippen LogP contribution in [-0.4, -0.2) is 56.8 Å². The molecule has 3 heterocycles. The molecule has 33 heavy (non-hydrogen) atoms. The maximum absolute atomic E-state index is 14.5. The highest BCUT2D eigenvalue weighted by molar-refractivity contribution is 6.30. The van der Waals surface area contributed by atoms with Crippen LogP contribution in [0.25, 0.3) is 11.3 Å². The summed E-state index contributed by atoms with van der Waals surface area (Å²) in [6, 6.07) is 5.51. The molecule has 176 valence electrons. The fraction of sp³-hybridized carbons (Fsp3) is 0.400. The fourth-order valence-corrected chi connectivity index (χ4v) is 3.63. The molecule has 0 amide bonds. The van der Waals surface area contributed by atoms with Crippen molar-refractivity contribution in [2.45, 2.75) is 38.9 Å². The summed E-state index contributed by atoms with van der Waals surface area (Å²) in [5.74, 6) is -0.570. The molecule has 3 aromatic rings. The van der Waals surface area contributed by atoms with Gasteiger partial charge in [-0.1, -0.05) is 16.8 Å². The third-order valence-corrected chi connectivity index (χ3v) is 5.45. The van der Waals surface area contributed by atoms with Crippen molar-refractivity contribution in [1.82, 2.24) is 24.8 Å². The lowest BCUT2D eigenvalue weighted by molar-refractivity contribution is -0.162. The molecule has 0 spiro atoms. The molecule has 2 aromatic heterocycles. The van der Waals surface area contributed by atoms with Gasteiger partial charge in [0.2, 0.25) is 0 Å². The van der Waals surface area contributed by atoms with Gasteiger partial charge in [-0.2, -0.15) is 5.10 Å². The van der Waals surface area contributed by atoms with Crippen LogP contribution in [-0.2, 0) is 17.8 Å². The molecule has 1 aliphatic rings. The molecule has 1 atom stereocenters. The van der Waals surface area contributed by atoms with Crippen LogP contribution in [0.1, 0.15) is 12.6 Å². The number of anilines is 1. The van der Waals surface area contributed by atoms with Crippen LogP contribution in [0.15, 0.2) is 35.3 Å². The first-order valence-corrected chi connectivity index (χ1v) is 10.4. The molecule has 0 bridgehead atoms. The van der Waals surface area contributed by atoms with Gasteiger partial charge >= 0.3 is 0 Å². The predicted molar refractivity (Wildman–Crippen MR) is 112 cm³/mol. The van der Waals surface area contributed by atoms with Crippen LogP contribution in [0, 0.1) is 5.82 Å². The topological polar surface area (TPSA) is 78.1 Å². The van der Waals surface area contributed by atoms with Crippen LogP contribution in [0.4, 0.5) is 23.2 Å². The summed E-state index contributed by atoms with van der Waals surface area (Å²) >= 11 is 5.83. The zero-order chi connectivity index (χ0) is 23.7. The second-order valence-electron chi connectivity index (χ2n) is 7.38. The Balaban J connectivity index is 1.52. The summed E-state index contributed by atoms with van der Waals surface area (Å²) in [4.78, 5) is 14.3. The Kier molecular flexibility index (Phi) is 6.66. The second-order valence-corrected chi connectivity index (χ2v) is 7.82. The second kappa shape index (κ2) is 9.48. The van der Waals surface area contributed by atoms with E-state index in [0.29, 0.717) is 17.9 Å². The van der Waals surface area contributed by atoms with Gasteiger partial charge in [-0.3, -0.25) is 4.79 Å². The Morgan fingerprint density at radius 3 is 2.61 bits per heavy atom.